The van der Waals surface area contributed by atoms with Crippen molar-refractivity contribution in [1.82, 2.24) is 9.78 Å². The zero-order valence-corrected chi connectivity index (χ0v) is 9.56. The lowest BCUT2D eigenvalue weighted by atomic mass is 9.97. The first-order valence-corrected chi connectivity index (χ1v) is 5.90. The Morgan fingerprint density at radius 1 is 1.40 bits per heavy atom. The molecule has 0 aliphatic heterocycles. The average Bonchev–Trinajstić information content (AvgIpc) is 2.88. The van der Waals surface area contributed by atoms with Gasteiger partial charge in [0.05, 0.1) is 12.3 Å². The monoisotopic (exact) mass is 208 g/mol. The molecule has 15 heavy (non-hydrogen) atoms. The van der Waals surface area contributed by atoms with Crippen LogP contribution in [0.15, 0.2) is 12.4 Å². The lowest BCUT2D eigenvalue weighted by molar-refractivity contribution is 0.111. The van der Waals surface area contributed by atoms with Gasteiger partial charge in [-0.15, -0.1) is 0 Å². The molecule has 2 rings (SSSR count). The molecule has 1 aliphatic rings. The van der Waals surface area contributed by atoms with E-state index in [4.69, 9.17) is 0 Å². The molecule has 1 unspecified atom stereocenters. The maximum atomic E-state index is 10.2. The Morgan fingerprint density at radius 3 is 2.60 bits per heavy atom. The van der Waals surface area contributed by atoms with Gasteiger partial charge >= 0.3 is 0 Å². The fourth-order valence-corrected chi connectivity index (χ4v) is 2.33. The number of aliphatic hydroxyl groups is 1. The first-order chi connectivity index (χ1) is 7.18. The zero-order valence-electron chi connectivity index (χ0n) is 9.56. The molecule has 0 radical (unpaired) electrons. The van der Waals surface area contributed by atoms with E-state index in [1.165, 1.54) is 12.8 Å². The molecule has 1 aromatic rings. The van der Waals surface area contributed by atoms with Crippen LogP contribution in [0.1, 0.15) is 57.2 Å². The highest BCUT2D eigenvalue weighted by molar-refractivity contribution is 5.10. The number of nitrogens with zero attached hydrogens (tertiary/aromatic N) is 2. The lowest BCUT2D eigenvalue weighted by Gasteiger charge is -2.15. The van der Waals surface area contributed by atoms with Crippen molar-refractivity contribution >= 4 is 0 Å². The van der Waals surface area contributed by atoms with Gasteiger partial charge in [-0.25, -0.2) is 0 Å². The Kier molecular flexibility index (Phi) is 3.10. The average molecular weight is 208 g/mol. The van der Waals surface area contributed by atoms with Crippen LogP contribution in [0.25, 0.3) is 0 Å². The molecule has 0 saturated heterocycles. The molecule has 1 heterocycles. The second-order valence-corrected chi connectivity index (χ2v) is 4.84. The summed E-state index contributed by atoms with van der Waals surface area (Å²) in [7, 11) is 0. The third-order valence-corrected chi connectivity index (χ3v) is 3.34. The summed E-state index contributed by atoms with van der Waals surface area (Å²) in [6, 6.07) is 0.370. The predicted molar refractivity (Wildman–Crippen MR) is 59.5 cm³/mol. The second-order valence-electron chi connectivity index (χ2n) is 4.84. The van der Waals surface area contributed by atoms with Crippen molar-refractivity contribution in [2.45, 2.75) is 51.7 Å². The topological polar surface area (TPSA) is 38.0 Å². The van der Waals surface area contributed by atoms with Gasteiger partial charge in [0, 0.05) is 17.8 Å². The Bertz CT molecular complexity index is 313. The minimum atomic E-state index is -0.306. The molecular formula is C12H20N2O. The smallest absolute Gasteiger partial charge is 0.0848 e. The van der Waals surface area contributed by atoms with E-state index in [0.29, 0.717) is 12.0 Å². The lowest BCUT2D eigenvalue weighted by Crippen LogP contribution is -2.08. The predicted octanol–water partition coefficient (Wildman–Crippen LogP) is 2.69. The van der Waals surface area contributed by atoms with Gasteiger partial charge in [-0.05, 0) is 32.6 Å². The molecule has 1 N–H and O–H groups in total. The molecule has 3 heteroatoms. The minimum absolute atomic E-state index is 0.306. The summed E-state index contributed by atoms with van der Waals surface area (Å²) >= 11 is 0. The molecule has 1 fully saturated rings. The third-order valence-electron chi connectivity index (χ3n) is 3.34. The van der Waals surface area contributed by atoms with E-state index in [-0.39, 0.29) is 6.10 Å². The van der Waals surface area contributed by atoms with E-state index in [1.807, 2.05) is 17.1 Å². The van der Waals surface area contributed by atoms with Gasteiger partial charge < -0.3 is 5.11 Å². The van der Waals surface area contributed by atoms with Crippen molar-refractivity contribution in [3.63, 3.8) is 0 Å². The van der Waals surface area contributed by atoms with Gasteiger partial charge in [0.15, 0.2) is 0 Å². The number of hydrogen-bond donors (Lipinski definition) is 1. The van der Waals surface area contributed by atoms with Crippen LogP contribution in [-0.4, -0.2) is 14.9 Å². The second kappa shape index (κ2) is 4.35. The van der Waals surface area contributed by atoms with Gasteiger partial charge in [0.25, 0.3) is 0 Å². The highest BCUT2D eigenvalue weighted by Gasteiger charge is 2.25. The molecule has 1 aliphatic carbocycles. The fraction of sp³-hybridized carbons (Fsp3) is 0.750. The summed E-state index contributed by atoms with van der Waals surface area (Å²) in [5.74, 6) is 0.454. The number of aliphatic hydroxyl groups excluding tert-OH is 1. The summed E-state index contributed by atoms with van der Waals surface area (Å²) < 4.78 is 1.91. The Balaban J connectivity index is 2.07. The Hall–Kier alpha value is -0.830. The molecule has 1 atom stereocenters. The zero-order chi connectivity index (χ0) is 10.8. The minimum Gasteiger partial charge on any atom is -0.388 e. The van der Waals surface area contributed by atoms with Crippen LogP contribution in [0.3, 0.4) is 0 Å². The molecule has 0 bridgehead atoms. The first kappa shape index (κ1) is 10.7. The van der Waals surface area contributed by atoms with Crippen LogP contribution in [0.5, 0.6) is 0 Å². The van der Waals surface area contributed by atoms with Gasteiger partial charge in [-0.1, -0.05) is 12.8 Å². The van der Waals surface area contributed by atoms with Crippen molar-refractivity contribution in [2.24, 2.45) is 5.92 Å². The van der Waals surface area contributed by atoms with Crippen LogP contribution in [0.4, 0.5) is 0 Å². The number of hydrogen-bond acceptors (Lipinski definition) is 2. The van der Waals surface area contributed by atoms with Crippen molar-refractivity contribution < 1.29 is 5.11 Å². The van der Waals surface area contributed by atoms with Crippen molar-refractivity contribution in [1.29, 1.82) is 0 Å². The van der Waals surface area contributed by atoms with Crippen LogP contribution in [-0.2, 0) is 0 Å². The maximum absolute atomic E-state index is 10.2. The van der Waals surface area contributed by atoms with Crippen LogP contribution >= 0.6 is 0 Å². The quantitative estimate of drug-likeness (QED) is 0.829. The van der Waals surface area contributed by atoms with Crippen molar-refractivity contribution in [2.75, 3.05) is 0 Å². The molecular weight excluding hydrogens is 188 g/mol. The summed E-state index contributed by atoms with van der Waals surface area (Å²) in [6.45, 7) is 4.19. The Morgan fingerprint density at radius 2 is 2.07 bits per heavy atom. The van der Waals surface area contributed by atoms with Crippen LogP contribution in [0.2, 0.25) is 0 Å². The van der Waals surface area contributed by atoms with E-state index in [1.54, 1.807) is 0 Å². The van der Waals surface area contributed by atoms with Gasteiger partial charge in [-0.3, -0.25) is 4.68 Å². The number of aromatic nitrogens is 2. The van der Waals surface area contributed by atoms with Crippen LogP contribution < -0.4 is 0 Å². The van der Waals surface area contributed by atoms with Gasteiger partial charge in [-0.2, -0.15) is 5.10 Å². The molecule has 1 saturated carbocycles. The fourth-order valence-electron chi connectivity index (χ4n) is 2.33. The normalized spacial score (nSPS) is 20.0. The highest BCUT2D eigenvalue weighted by Crippen LogP contribution is 2.35. The molecule has 0 aromatic carbocycles. The van der Waals surface area contributed by atoms with E-state index >= 15 is 0 Å². The third kappa shape index (κ3) is 2.23. The van der Waals surface area contributed by atoms with E-state index < -0.39 is 0 Å². The summed E-state index contributed by atoms with van der Waals surface area (Å²) in [6.07, 6.45) is 8.33. The molecule has 0 spiro atoms. The maximum Gasteiger partial charge on any atom is 0.0848 e. The molecule has 3 nitrogen and oxygen atoms in total. The SMILES string of the molecule is CC(C)n1cc(C(O)C2CCCC2)cn1. The number of rotatable bonds is 3. The summed E-state index contributed by atoms with van der Waals surface area (Å²) in [4.78, 5) is 0. The van der Waals surface area contributed by atoms with Crippen molar-refractivity contribution in [3.8, 4) is 0 Å². The van der Waals surface area contributed by atoms with E-state index in [0.717, 1.165) is 18.4 Å². The standard InChI is InChI=1S/C12H20N2O/c1-9(2)14-8-11(7-13-14)12(15)10-5-3-4-6-10/h7-10,12,15H,3-6H2,1-2H3. The van der Waals surface area contributed by atoms with Crippen molar-refractivity contribution in [3.05, 3.63) is 18.0 Å². The molecule has 84 valence electrons. The summed E-state index contributed by atoms with van der Waals surface area (Å²) in [5.41, 5.74) is 0.982. The largest absolute Gasteiger partial charge is 0.388 e. The van der Waals surface area contributed by atoms with E-state index in [9.17, 15) is 5.11 Å². The highest BCUT2D eigenvalue weighted by atomic mass is 16.3. The van der Waals surface area contributed by atoms with Crippen LogP contribution in [0, 0.1) is 5.92 Å². The molecule has 1 aromatic heterocycles. The molecule has 0 amide bonds. The van der Waals surface area contributed by atoms with E-state index in [2.05, 4.69) is 18.9 Å². The van der Waals surface area contributed by atoms with Gasteiger partial charge in [0.1, 0.15) is 0 Å². The Labute approximate surface area is 91.1 Å². The van der Waals surface area contributed by atoms with Gasteiger partial charge in [0.2, 0.25) is 0 Å². The first-order valence-electron chi connectivity index (χ1n) is 5.90. The summed E-state index contributed by atoms with van der Waals surface area (Å²) in [5, 5.41) is 14.4.